The second-order valence-electron chi connectivity index (χ2n) is 5.73. The first-order valence-corrected chi connectivity index (χ1v) is 7.85. The number of guanidine groups is 1. The number of carbonyl (C=O) groups excluding carboxylic acids is 1. The fourth-order valence-corrected chi connectivity index (χ4v) is 2.86. The molecule has 3 N–H and O–H groups in total. The normalized spacial score (nSPS) is 18.6. The Morgan fingerprint density at radius 2 is 2.39 bits per heavy atom. The SMILES string of the molecule is CN=C(NCc1ccc(OC)nc1)N1CCCC(CC(N)=O)C1. The molecule has 0 bridgehead atoms. The quantitative estimate of drug-likeness (QED) is 0.617. The molecule has 1 aromatic heterocycles. The number of ether oxygens (including phenoxy) is 1. The van der Waals surface area contributed by atoms with Crippen molar-refractivity contribution >= 4 is 11.9 Å². The molecule has 2 rings (SSSR count). The van der Waals surface area contributed by atoms with E-state index in [0.29, 0.717) is 24.8 Å². The Morgan fingerprint density at radius 3 is 3.00 bits per heavy atom. The predicted molar refractivity (Wildman–Crippen MR) is 89.1 cm³/mol. The Kier molecular flexibility index (Phi) is 6.19. The number of aromatic nitrogens is 1. The van der Waals surface area contributed by atoms with Gasteiger partial charge in [0.05, 0.1) is 7.11 Å². The number of primary amides is 1. The van der Waals surface area contributed by atoms with Gasteiger partial charge in [0.25, 0.3) is 0 Å². The molecule has 7 nitrogen and oxygen atoms in total. The second kappa shape index (κ2) is 8.36. The Morgan fingerprint density at radius 1 is 1.57 bits per heavy atom. The van der Waals surface area contributed by atoms with Gasteiger partial charge in [0.2, 0.25) is 11.8 Å². The minimum absolute atomic E-state index is 0.232. The fraction of sp³-hybridized carbons (Fsp3) is 0.562. The summed E-state index contributed by atoms with van der Waals surface area (Å²) in [6.07, 6.45) is 4.31. The van der Waals surface area contributed by atoms with E-state index in [1.165, 1.54) is 0 Å². The molecule has 7 heteroatoms. The number of nitrogens with zero attached hydrogens (tertiary/aromatic N) is 3. The number of carbonyl (C=O) groups is 1. The number of aliphatic imine (C=N–C) groups is 1. The first-order valence-electron chi connectivity index (χ1n) is 7.85. The van der Waals surface area contributed by atoms with Crippen LogP contribution in [0.3, 0.4) is 0 Å². The number of piperidine rings is 1. The van der Waals surface area contributed by atoms with E-state index in [4.69, 9.17) is 10.5 Å². The van der Waals surface area contributed by atoms with Crippen molar-refractivity contribution in [2.75, 3.05) is 27.2 Å². The van der Waals surface area contributed by atoms with Gasteiger partial charge in [0.1, 0.15) is 0 Å². The maximum Gasteiger partial charge on any atom is 0.217 e. The second-order valence-corrected chi connectivity index (χ2v) is 5.73. The van der Waals surface area contributed by atoms with Crippen molar-refractivity contribution in [2.24, 2.45) is 16.6 Å². The molecule has 0 aliphatic carbocycles. The van der Waals surface area contributed by atoms with E-state index in [-0.39, 0.29) is 5.91 Å². The number of hydrogen-bond acceptors (Lipinski definition) is 4. The highest BCUT2D eigenvalue weighted by atomic mass is 16.5. The molecule has 1 atom stereocenters. The molecular weight excluding hydrogens is 294 g/mol. The van der Waals surface area contributed by atoms with Crippen LogP contribution in [0.2, 0.25) is 0 Å². The number of methoxy groups -OCH3 is 1. The monoisotopic (exact) mass is 319 g/mol. The van der Waals surface area contributed by atoms with E-state index in [0.717, 1.165) is 37.5 Å². The molecule has 2 heterocycles. The van der Waals surface area contributed by atoms with Crippen molar-refractivity contribution in [3.05, 3.63) is 23.9 Å². The summed E-state index contributed by atoms with van der Waals surface area (Å²) in [6, 6.07) is 3.81. The lowest BCUT2D eigenvalue weighted by Gasteiger charge is -2.34. The molecule has 1 aromatic rings. The molecule has 1 saturated heterocycles. The summed E-state index contributed by atoms with van der Waals surface area (Å²) in [5.41, 5.74) is 6.37. The number of rotatable bonds is 5. The highest BCUT2D eigenvalue weighted by Crippen LogP contribution is 2.19. The molecule has 0 aromatic carbocycles. The topological polar surface area (TPSA) is 92.8 Å². The summed E-state index contributed by atoms with van der Waals surface area (Å²) >= 11 is 0. The smallest absolute Gasteiger partial charge is 0.217 e. The van der Waals surface area contributed by atoms with Crippen LogP contribution in [0, 0.1) is 5.92 Å². The highest BCUT2D eigenvalue weighted by molar-refractivity contribution is 5.80. The van der Waals surface area contributed by atoms with Gasteiger partial charge in [-0.05, 0) is 24.3 Å². The Hall–Kier alpha value is -2.31. The maximum absolute atomic E-state index is 11.1. The first kappa shape index (κ1) is 17.1. The van der Waals surface area contributed by atoms with Gasteiger partial charge in [-0.25, -0.2) is 4.98 Å². The highest BCUT2D eigenvalue weighted by Gasteiger charge is 2.23. The van der Waals surface area contributed by atoms with Gasteiger partial charge in [0, 0.05) is 45.4 Å². The van der Waals surface area contributed by atoms with E-state index >= 15 is 0 Å². The molecule has 0 spiro atoms. The first-order chi connectivity index (χ1) is 11.1. The summed E-state index contributed by atoms with van der Waals surface area (Å²) in [7, 11) is 3.37. The predicted octanol–water partition coefficient (Wildman–Crippen LogP) is 0.753. The van der Waals surface area contributed by atoms with Crippen molar-refractivity contribution in [1.29, 1.82) is 0 Å². The summed E-state index contributed by atoms with van der Waals surface area (Å²) in [5, 5.41) is 3.35. The van der Waals surface area contributed by atoms with E-state index < -0.39 is 0 Å². The van der Waals surface area contributed by atoms with E-state index in [1.807, 2.05) is 12.1 Å². The molecule has 1 unspecified atom stereocenters. The van der Waals surface area contributed by atoms with Crippen LogP contribution in [-0.4, -0.2) is 49.0 Å². The standard InChI is InChI=1S/C16H25N5O2/c1-18-16(20-10-13-5-6-15(23-2)19-9-13)21-7-3-4-12(11-21)8-14(17)22/h5-6,9,12H,3-4,7-8,10-11H2,1-2H3,(H2,17,22)(H,18,20). The molecule has 126 valence electrons. The Bertz CT molecular complexity index is 544. The third-order valence-corrected chi connectivity index (χ3v) is 3.98. The van der Waals surface area contributed by atoms with Crippen molar-refractivity contribution in [3.8, 4) is 5.88 Å². The van der Waals surface area contributed by atoms with Crippen molar-refractivity contribution in [3.63, 3.8) is 0 Å². The van der Waals surface area contributed by atoms with Crippen LogP contribution in [0.1, 0.15) is 24.8 Å². The number of nitrogens with two attached hydrogens (primary N) is 1. The third kappa shape index (κ3) is 5.12. The van der Waals surface area contributed by atoms with Crippen LogP contribution in [0.15, 0.2) is 23.3 Å². The Balaban J connectivity index is 1.90. The van der Waals surface area contributed by atoms with Gasteiger partial charge in [-0.3, -0.25) is 9.79 Å². The maximum atomic E-state index is 11.1. The van der Waals surface area contributed by atoms with Crippen LogP contribution in [0.25, 0.3) is 0 Å². The van der Waals surface area contributed by atoms with E-state index in [9.17, 15) is 4.79 Å². The van der Waals surface area contributed by atoms with E-state index in [1.54, 1.807) is 20.4 Å². The summed E-state index contributed by atoms with van der Waals surface area (Å²) in [4.78, 5) is 21.8. The summed E-state index contributed by atoms with van der Waals surface area (Å²) in [5.74, 6) is 1.52. The van der Waals surface area contributed by atoms with Crippen LogP contribution in [-0.2, 0) is 11.3 Å². The number of pyridine rings is 1. The zero-order chi connectivity index (χ0) is 16.7. The molecular formula is C16H25N5O2. The molecule has 1 aliphatic heterocycles. The number of amides is 1. The molecule has 1 amide bonds. The van der Waals surface area contributed by atoms with Gasteiger partial charge in [-0.2, -0.15) is 0 Å². The minimum atomic E-state index is -0.232. The minimum Gasteiger partial charge on any atom is -0.481 e. The largest absolute Gasteiger partial charge is 0.481 e. The average molecular weight is 319 g/mol. The van der Waals surface area contributed by atoms with Gasteiger partial charge < -0.3 is 20.7 Å². The van der Waals surface area contributed by atoms with Crippen LogP contribution >= 0.6 is 0 Å². The van der Waals surface area contributed by atoms with Gasteiger partial charge in [-0.15, -0.1) is 0 Å². The molecule has 0 radical (unpaired) electrons. The average Bonchev–Trinajstić information content (AvgIpc) is 2.56. The summed E-state index contributed by atoms with van der Waals surface area (Å²) < 4.78 is 5.05. The van der Waals surface area contributed by atoms with E-state index in [2.05, 4.69) is 20.2 Å². The lowest BCUT2D eigenvalue weighted by atomic mass is 9.95. The lowest BCUT2D eigenvalue weighted by Crippen LogP contribution is -2.46. The molecule has 1 aliphatic rings. The van der Waals surface area contributed by atoms with Crippen molar-refractivity contribution < 1.29 is 9.53 Å². The lowest BCUT2D eigenvalue weighted by molar-refractivity contribution is -0.119. The van der Waals surface area contributed by atoms with Crippen molar-refractivity contribution in [1.82, 2.24) is 15.2 Å². The molecule has 0 saturated carbocycles. The van der Waals surface area contributed by atoms with Gasteiger partial charge in [-0.1, -0.05) is 6.07 Å². The Labute approximate surface area is 136 Å². The molecule has 1 fully saturated rings. The van der Waals surface area contributed by atoms with Gasteiger partial charge >= 0.3 is 0 Å². The number of likely N-dealkylation sites (tertiary alicyclic amines) is 1. The van der Waals surface area contributed by atoms with Gasteiger partial charge in [0.15, 0.2) is 5.96 Å². The zero-order valence-electron chi connectivity index (χ0n) is 13.8. The van der Waals surface area contributed by atoms with Crippen molar-refractivity contribution in [2.45, 2.75) is 25.8 Å². The van der Waals surface area contributed by atoms with Crippen LogP contribution in [0.5, 0.6) is 5.88 Å². The fourth-order valence-electron chi connectivity index (χ4n) is 2.86. The number of hydrogen-bond donors (Lipinski definition) is 2. The van der Waals surface area contributed by atoms with Crippen LogP contribution in [0.4, 0.5) is 0 Å². The third-order valence-electron chi connectivity index (χ3n) is 3.98. The summed E-state index contributed by atoms with van der Waals surface area (Å²) in [6.45, 7) is 2.39. The zero-order valence-corrected chi connectivity index (χ0v) is 13.8. The number of nitrogens with one attached hydrogen (secondary N) is 1. The van der Waals surface area contributed by atoms with Crippen LogP contribution < -0.4 is 15.8 Å². The molecule has 23 heavy (non-hydrogen) atoms.